The van der Waals surface area contributed by atoms with Crippen molar-refractivity contribution >= 4 is 27.8 Å². The second-order valence-electron chi connectivity index (χ2n) is 8.01. The number of carbonyl (C=O) groups is 3. The largest absolute Gasteiger partial charge is 0.466 e. The van der Waals surface area contributed by atoms with Gasteiger partial charge in [0.25, 0.3) is 10.0 Å². The van der Waals surface area contributed by atoms with Crippen LogP contribution in [0.2, 0.25) is 0 Å². The quantitative estimate of drug-likeness (QED) is 0.592. The van der Waals surface area contributed by atoms with Gasteiger partial charge in [-0.2, -0.15) is 0 Å². The van der Waals surface area contributed by atoms with Crippen LogP contribution in [-0.2, 0) is 29.1 Å². The first-order valence-electron chi connectivity index (χ1n) is 10.8. The fourth-order valence-corrected chi connectivity index (χ4v) is 5.50. The molecule has 32 heavy (non-hydrogen) atoms. The Morgan fingerprint density at radius 2 is 1.88 bits per heavy atom. The van der Waals surface area contributed by atoms with E-state index in [1.807, 2.05) is 6.92 Å². The zero-order chi connectivity index (χ0) is 23.3. The van der Waals surface area contributed by atoms with Gasteiger partial charge in [0.15, 0.2) is 0 Å². The Bertz CT molecular complexity index is 989. The monoisotopic (exact) mass is 463 g/mol. The molecule has 174 valence electrons. The number of sulfonamides is 1. The standard InChI is InChI=1S/C22H29N3O6S/c1-3-31-22(28)17-6-4-5-7-18(17)24-20(26)14-19-21(27)23-12-13-25(19)32(29,30)16-10-8-15(2)9-11-16/h8-13,17-19H,3-7,14H2,1-2H3,(H,23,27)(H,24,26)/t17-,18-,19+/m0/s1. The Hall–Kier alpha value is -2.88. The van der Waals surface area contributed by atoms with Gasteiger partial charge in [-0.3, -0.25) is 18.7 Å². The number of esters is 1. The highest BCUT2D eigenvalue weighted by Crippen LogP contribution is 2.27. The Kier molecular flexibility index (Phi) is 7.55. The third kappa shape index (κ3) is 5.29. The van der Waals surface area contributed by atoms with Crippen molar-refractivity contribution in [3.63, 3.8) is 0 Å². The van der Waals surface area contributed by atoms with Crippen molar-refractivity contribution in [1.29, 1.82) is 0 Å². The lowest BCUT2D eigenvalue weighted by Gasteiger charge is -2.33. The molecule has 1 aromatic carbocycles. The molecule has 10 heteroatoms. The van der Waals surface area contributed by atoms with Gasteiger partial charge in [0.05, 0.1) is 23.8 Å². The zero-order valence-corrected chi connectivity index (χ0v) is 19.1. The van der Waals surface area contributed by atoms with E-state index >= 15 is 0 Å². The van der Waals surface area contributed by atoms with E-state index in [-0.39, 0.29) is 23.9 Å². The molecule has 0 aromatic heterocycles. The van der Waals surface area contributed by atoms with Gasteiger partial charge in [-0.15, -0.1) is 0 Å². The van der Waals surface area contributed by atoms with E-state index in [2.05, 4.69) is 10.6 Å². The molecule has 9 nitrogen and oxygen atoms in total. The predicted molar refractivity (Wildman–Crippen MR) is 116 cm³/mol. The van der Waals surface area contributed by atoms with Crippen molar-refractivity contribution < 1.29 is 27.5 Å². The van der Waals surface area contributed by atoms with Gasteiger partial charge in [-0.25, -0.2) is 8.42 Å². The minimum Gasteiger partial charge on any atom is -0.466 e. The minimum absolute atomic E-state index is 0.0301. The Morgan fingerprint density at radius 3 is 2.56 bits per heavy atom. The van der Waals surface area contributed by atoms with E-state index in [9.17, 15) is 22.8 Å². The van der Waals surface area contributed by atoms with Crippen molar-refractivity contribution in [3.05, 3.63) is 42.2 Å². The van der Waals surface area contributed by atoms with E-state index in [0.29, 0.717) is 12.8 Å². The van der Waals surface area contributed by atoms with Crippen LogP contribution in [0.4, 0.5) is 0 Å². The Morgan fingerprint density at radius 1 is 1.19 bits per heavy atom. The molecular weight excluding hydrogens is 434 g/mol. The maximum absolute atomic E-state index is 13.1. The second-order valence-corrected chi connectivity index (χ2v) is 9.85. The van der Waals surface area contributed by atoms with Crippen molar-refractivity contribution in [1.82, 2.24) is 14.9 Å². The van der Waals surface area contributed by atoms with Crippen LogP contribution in [0, 0.1) is 12.8 Å². The van der Waals surface area contributed by atoms with Crippen LogP contribution < -0.4 is 10.6 Å². The molecule has 1 aliphatic carbocycles. The number of hydrogen-bond acceptors (Lipinski definition) is 6. The summed E-state index contributed by atoms with van der Waals surface area (Å²) in [6.07, 6.45) is 5.09. The van der Waals surface area contributed by atoms with E-state index < -0.39 is 39.8 Å². The second kappa shape index (κ2) is 10.2. The number of nitrogens with zero attached hydrogens (tertiary/aromatic N) is 1. The van der Waals surface area contributed by atoms with Gasteiger partial charge < -0.3 is 15.4 Å². The Balaban J connectivity index is 1.75. The number of ether oxygens (including phenoxy) is 1. The maximum atomic E-state index is 13.1. The highest BCUT2D eigenvalue weighted by Gasteiger charge is 2.38. The van der Waals surface area contributed by atoms with Gasteiger partial charge in [0.2, 0.25) is 11.8 Å². The molecule has 0 spiro atoms. The number of benzene rings is 1. The van der Waals surface area contributed by atoms with E-state index in [4.69, 9.17) is 4.74 Å². The molecule has 0 radical (unpaired) electrons. The van der Waals surface area contributed by atoms with E-state index in [1.165, 1.54) is 24.5 Å². The molecule has 1 heterocycles. The molecule has 0 unspecified atom stereocenters. The van der Waals surface area contributed by atoms with Crippen LogP contribution in [0.1, 0.15) is 44.6 Å². The van der Waals surface area contributed by atoms with Crippen molar-refractivity contribution in [2.75, 3.05) is 6.61 Å². The molecule has 1 fully saturated rings. The summed E-state index contributed by atoms with van der Waals surface area (Å²) in [6, 6.07) is 4.62. The maximum Gasteiger partial charge on any atom is 0.311 e. The fourth-order valence-electron chi connectivity index (χ4n) is 4.05. The number of carbonyl (C=O) groups excluding carboxylic acids is 3. The summed E-state index contributed by atoms with van der Waals surface area (Å²) in [4.78, 5) is 37.6. The van der Waals surface area contributed by atoms with Crippen molar-refractivity contribution in [2.24, 2.45) is 5.92 Å². The summed E-state index contributed by atoms with van der Waals surface area (Å²) in [5.74, 6) is -1.88. The summed E-state index contributed by atoms with van der Waals surface area (Å²) >= 11 is 0. The average Bonchev–Trinajstić information content (AvgIpc) is 2.76. The molecule has 2 aliphatic rings. The molecule has 2 amide bonds. The number of nitrogens with one attached hydrogen (secondary N) is 2. The molecule has 0 bridgehead atoms. The van der Waals surface area contributed by atoms with Gasteiger partial charge in [-0.1, -0.05) is 30.5 Å². The number of rotatable bonds is 7. The SMILES string of the molecule is CCOC(=O)[C@H]1CCCC[C@@H]1NC(=O)C[C@@H]1C(=O)NC=CN1S(=O)(=O)c1ccc(C)cc1. The highest BCUT2D eigenvalue weighted by molar-refractivity contribution is 7.89. The lowest BCUT2D eigenvalue weighted by molar-refractivity contribution is -0.150. The van der Waals surface area contributed by atoms with Crippen LogP contribution in [0.5, 0.6) is 0 Å². The highest BCUT2D eigenvalue weighted by atomic mass is 32.2. The van der Waals surface area contributed by atoms with Crippen LogP contribution in [0.3, 0.4) is 0 Å². The van der Waals surface area contributed by atoms with Gasteiger partial charge in [0, 0.05) is 18.4 Å². The van der Waals surface area contributed by atoms with Crippen LogP contribution in [0.25, 0.3) is 0 Å². The summed E-state index contributed by atoms with van der Waals surface area (Å²) < 4.78 is 32.3. The summed E-state index contributed by atoms with van der Waals surface area (Å²) in [7, 11) is -4.04. The van der Waals surface area contributed by atoms with E-state index in [1.54, 1.807) is 19.1 Å². The molecule has 1 saturated carbocycles. The third-order valence-corrected chi connectivity index (χ3v) is 7.53. The van der Waals surface area contributed by atoms with E-state index in [0.717, 1.165) is 22.7 Å². The first-order chi connectivity index (χ1) is 15.2. The summed E-state index contributed by atoms with van der Waals surface area (Å²) in [5.41, 5.74) is 0.899. The zero-order valence-electron chi connectivity index (χ0n) is 18.2. The summed E-state index contributed by atoms with van der Waals surface area (Å²) in [6.45, 7) is 3.83. The van der Waals surface area contributed by atoms with Crippen LogP contribution in [0.15, 0.2) is 41.6 Å². The lowest BCUT2D eigenvalue weighted by atomic mass is 9.84. The van der Waals surface area contributed by atoms with Crippen molar-refractivity contribution in [3.8, 4) is 0 Å². The van der Waals surface area contributed by atoms with Gasteiger partial charge in [-0.05, 0) is 38.8 Å². The number of hydrogen-bond donors (Lipinski definition) is 2. The fraction of sp³-hybridized carbons (Fsp3) is 0.500. The molecular formula is C22H29N3O6S. The molecule has 3 rings (SSSR count). The number of aryl methyl sites for hydroxylation is 1. The van der Waals surface area contributed by atoms with Gasteiger partial charge >= 0.3 is 5.97 Å². The molecule has 0 saturated heterocycles. The molecule has 1 aromatic rings. The average molecular weight is 464 g/mol. The van der Waals surface area contributed by atoms with Gasteiger partial charge in [0.1, 0.15) is 6.04 Å². The minimum atomic E-state index is -4.04. The molecule has 2 N–H and O–H groups in total. The summed E-state index contributed by atoms with van der Waals surface area (Å²) in [5, 5.41) is 5.30. The number of amides is 2. The normalized spacial score (nSPS) is 23.4. The first kappa shape index (κ1) is 23.8. The molecule has 3 atom stereocenters. The van der Waals surface area contributed by atoms with Crippen molar-refractivity contribution in [2.45, 2.75) is 62.9 Å². The third-order valence-electron chi connectivity index (χ3n) is 5.73. The van der Waals surface area contributed by atoms with Crippen LogP contribution >= 0.6 is 0 Å². The van der Waals surface area contributed by atoms with Crippen LogP contribution in [-0.4, -0.2) is 49.2 Å². The topological polar surface area (TPSA) is 122 Å². The Labute approximate surface area is 188 Å². The smallest absolute Gasteiger partial charge is 0.311 e. The first-order valence-corrected chi connectivity index (χ1v) is 12.2. The predicted octanol–water partition coefficient (Wildman–Crippen LogP) is 1.58. The molecule has 1 aliphatic heterocycles. The lowest BCUT2D eigenvalue weighted by Crippen LogP contribution is -2.52.